The van der Waals surface area contributed by atoms with Crippen molar-refractivity contribution in [3.05, 3.63) is 70.7 Å². The van der Waals surface area contributed by atoms with Gasteiger partial charge in [0.05, 0.1) is 24.0 Å². The Morgan fingerprint density at radius 1 is 1.24 bits per heavy atom. The number of rotatable bonds is 7. The van der Waals surface area contributed by atoms with Crippen molar-refractivity contribution in [1.82, 2.24) is 33.9 Å². The lowest BCUT2D eigenvalue weighted by molar-refractivity contribution is -0.0414. The molecular weight excluding hydrogens is 546 g/mol. The van der Waals surface area contributed by atoms with E-state index < -0.39 is 22.5 Å². The van der Waals surface area contributed by atoms with E-state index in [2.05, 4.69) is 20.4 Å². The first-order valence-electron chi connectivity index (χ1n) is 13.7. The van der Waals surface area contributed by atoms with Crippen LogP contribution in [-0.2, 0) is 47.9 Å². The predicted molar refractivity (Wildman–Crippen MR) is 149 cm³/mol. The van der Waals surface area contributed by atoms with Gasteiger partial charge in [0.25, 0.3) is 5.91 Å². The molecule has 2 aliphatic heterocycles. The number of fused-ring (bicyclic) bond motifs is 2. The van der Waals surface area contributed by atoms with Crippen LogP contribution in [0.25, 0.3) is 10.9 Å². The number of benzene rings is 1. The fraction of sp³-hybridized carbons (Fsp3) is 0.429. The number of aliphatic hydroxyl groups excluding tert-OH is 1. The second kappa shape index (κ2) is 11.0. The van der Waals surface area contributed by atoms with Crippen LogP contribution in [0.3, 0.4) is 0 Å². The molecular formula is C28H33N7O5S. The Kier molecular flexibility index (Phi) is 7.36. The van der Waals surface area contributed by atoms with E-state index in [1.165, 1.54) is 14.9 Å². The normalized spacial score (nSPS) is 18.0. The average molecular weight is 580 g/mol. The molecule has 0 spiro atoms. The Balaban J connectivity index is 1.22. The first-order valence-corrected chi connectivity index (χ1v) is 15.2. The van der Waals surface area contributed by atoms with Crippen molar-refractivity contribution in [2.75, 3.05) is 13.2 Å². The van der Waals surface area contributed by atoms with Crippen molar-refractivity contribution in [3.63, 3.8) is 0 Å². The number of ether oxygens (including phenoxy) is 1. The predicted octanol–water partition coefficient (Wildman–Crippen LogP) is 2.34. The minimum absolute atomic E-state index is 0.0758. The van der Waals surface area contributed by atoms with Crippen molar-refractivity contribution >= 4 is 26.8 Å². The highest BCUT2D eigenvalue weighted by Gasteiger charge is 2.35. The minimum atomic E-state index is -4.01. The fourth-order valence-corrected chi connectivity index (χ4v) is 7.39. The molecule has 1 fully saturated rings. The first kappa shape index (κ1) is 27.5. The lowest BCUT2D eigenvalue weighted by Crippen LogP contribution is -2.37. The third kappa shape index (κ3) is 5.03. The second-order valence-electron chi connectivity index (χ2n) is 10.5. The summed E-state index contributed by atoms with van der Waals surface area (Å²) in [7, 11) is -2.43. The Morgan fingerprint density at radius 3 is 2.88 bits per heavy atom. The van der Waals surface area contributed by atoms with Crippen molar-refractivity contribution in [1.29, 1.82) is 0 Å². The molecule has 41 heavy (non-hydrogen) atoms. The molecule has 3 aromatic heterocycles. The summed E-state index contributed by atoms with van der Waals surface area (Å²) in [5, 5.41) is 18.4. The molecule has 0 saturated carbocycles. The van der Waals surface area contributed by atoms with Gasteiger partial charge in [-0.25, -0.2) is 23.1 Å². The Hall–Kier alpha value is -3.65. The zero-order chi connectivity index (χ0) is 28.7. The summed E-state index contributed by atoms with van der Waals surface area (Å²) >= 11 is 0. The van der Waals surface area contributed by atoms with Crippen LogP contribution < -0.4 is 5.32 Å². The number of sulfonamides is 1. The fourth-order valence-electron chi connectivity index (χ4n) is 5.71. The maximum Gasteiger partial charge on any atom is 0.268 e. The second-order valence-corrected chi connectivity index (χ2v) is 12.4. The largest absolute Gasteiger partial charge is 0.390 e. The zero-order valence-corrected chi connectivity index (χ0v) is 23.9. The third-order valence-corrected chi connectivity index (χ3v) is 9.85. The van der Waals surface area contributed by atoms with Crippen molar-refractivity contribution < 1.29 is 23.1 Å². The summed E-state index contributed by atoms with van der Waals surface area (Å²) in [5.41, 5.74) is 3.74. The molecule has 1 unspecified atom stereocenters. The lowest BCUT2D eigenvalue weighted by Gasteiger charge is -2.29. The van der Waals surface area contributed by atoms with Gasteiger partial charge in [-0.1, -0.05) is 12.1 Å². The third-order valence-electron chi connectivity index (χ3n) is 7.95. The molecule has 0 radical (unpaired) electrons. The number of hydrogen-bond acceptors (Lipinski definition) is 8. The molecule has 6 rings (SSSR count). The van der Waals surface area contributed by atoms with Gasteiger partial charge in [0.1, 0.15) is 22.6 Å². The van der Waals surface area contributed by atoms with Crippen LogP contribution in [0.1, 0.15) is 64.3 Å². The van der Waals surface area contributed by atoms with E-state index in [1.54, 1.807) is 19.4 Å². The molecule has 0 bridgehead atoms. The molecule has 13 heteroatoms. The molecule has 0 aliphatic carbocycles. The topological polar surface area (TPSA) is 144 Å². The Morgan fingerprint density at radius 2 is 2.10 bits per heavy atom. The first-order chi connectivity index (χ1) is 19.8. The van der Waals surface area contributed by atoms with E-state index in [1.807, 2.05) is 29.8 Å². The van der Waals surface area contributed by atoms with Crippen LogP contribution in [0, 0.1) is 6.92 Å². The summed E-state index contributed by atoms with van der Waals surface area (Å²) in [6.07, 6.45) is 6.82. The van der Waals surface area contributed by atoms with Crippen LogP contribution in [-0.4, -0.2) is 61.2 Å². The van der Waals surface area contributed by atoms with E-state index in [4.69, 9.17) is 4.74 Å². The van der Waals surface area contributed by atoms with Crippen LogP contribution in [0.5, 0.6) is 0 Å². The number of carbonyl (C=O) groups is 1. The number of aryl methyl sites for hydroxylation is 1. The standard InChI is InChI=1S/C28H33N7O5S/c1-18-29-15-21-19(6-5-7-22(21)32-18)13-30-28(37)24-12-26(25(17-36)33(24)2)41(38,39)34-10-9-23-20(16-34)14-31-35(23)27-8-3-4-11-40-27/h5-7,12,14-15,27,36H,3-4,8-11,13,16-17H2,1-2H3,(H,30,37). The smallest absolute Gasteiger partial charge is 0.268 e. The number of aliphatic hydroxyl groups is 1. The molecule has 2 aliphatic rings. The van der Waals surface area contributed by atoms with Gasteiger partial charge in [-0.2, -0.15) is 9.40 Å². The van der Waals surface area contributed by atoms with E-state index in [0.29, 0.717) is 18.9 Å². The summed E-state index contributed by atoms with van der Waals surface area (Å²) < 4.78 is 38.3. The zero-order valence-electron chi connectivity index (χ0n) is 23.1. The van der Waals surface area contributed by atoms with E-state index >= 15 is 0 Å². The Bertz CT molecular complexity index is 1720. The molecule has 5 heterocycles. The molecule has 1 amide bonds. The monoisotopic (exact) mass is 579 g/mol. The van der Waals surface area contributed by atoms with E-state index in [0.717, 1.165) is 47.0 Å². The van der Waals surface area contributed by atoms with Crippen LogP contribution in [0.15, 0.2) is 41.6 Å². The Labute approximate surface area is 238 Å². The number of nitrogens with zero attached hydrogens (tertiary/aromatic N) is 6. The maximum absolute atomic E-state index is 13.8. The summed E-state index contributed by atoms with van der Waals surface area (Å²) in [5.74, 6) is 0.202. The van der Waals surface area contributed by atoms with Gasteiger partial charge in [-0.3, -0.25) is 4.79 Å². The van der Waals surface area contributed by atoms with Gasteiger partial charge in [0, 0.05) is 62.6 Å². The highest BCUT2D eigenvalue weighted by Crippen LogP contribution is 2.31. The molecule has 2 N–H and O–H groups in total. The highest BCUT2D eigenvalue weighted by atomic mass is 32.2. The van der Waals surface area contributed by atoms with Crippen LogP contribution in [0.2, 0.25) is 0 Å². The summed E-state index contributed by atoms with van der Waals surface area (Å²) in [4.78, 5) is 21.9. The number of nitrogens with one attached hydrogen (secondary N) is 1. The van der Waals surface area contributed by atoms with Crippen molar-refractivity contribution in [2.24, 2.45) is 7.05 Å². The molecule has 4 aromatic rings. The maximum atomic E-state index is 13.8. The average Bonchev–Trinajstić information content (AvgIpc) is 3.56. The van der Waals surface area contributed by atoms with Crippen molar-refractivity contribution in [3.8, 4) is 0 Å². The lowest BCUT2D eigenvalue weighted by atomic mass is 10.1. The molecule has 1 saturated heterocycles. The molecule has 216 valence electrons. The quantitative estimate of drug-likeness (QED) is 0.340. The van der Waals surface area contributed by atoms with Crippen LogP contribution >= 0.6 is 0 Å². The van der Waals surface area contributed by atoms with Gasteiger partial charge < -0.3 is 19.7 Å². The van der Waals surface area contributed by atoms with Gasteiger partial charge >= 0.3 is 0 Å². The molecule has 1 aromatic carbocycles. The van der Waals surface area contributed by atoms with Gasteiger partial charge in [0.2, 0.25) is 10.0 Å². The van der Waals surface area contributed by atoms with Gasteiger partial charge in [-0.15, -0.1) is 0 Å². The molecule has 1 atom stereocenters. The van der Waals surface area contributed by atoms with Gasteiger partial charge in [0.15, 0.2) is 0 Å². The van der Waals surface area contributed by atoms with Crippen LogP contribution in [0.4, 0.5) is 0 Å². The van der Waals surface area contributed by atoms with E-state index in [-0.39, 0.29) is 42.1 Å². The van der Waals surface area contributed by atoms with Crippen molar-refractivity contribution in [2.45, 2.75) is 63.4 Å². The minimum Gasteiger partial charge on any atom is -0.390 e. The summed E-state index contributed by atoms with van der Waals surface area (Å²) in [6.45, 7) is 2.61. The molecule has 12 nitrogen and oxygen atoms in total. The number of amides is 1. The van der Waals surface area contributed by atoms with Gasteiger partial charge in [-0.05, 0) is 43.9 Å². The summed E-state index contributed by atoms with van der Waals surface area (Å²) in [6, 6.07) is 6.98. The number of aromatic nitrogens is 5. The van der Waals surface area contributed by atoms with E-state index in [9.17, 15) is 18.3 Å². The SMILES string of the molecule is Cc1ncc2c(CNC(=O)c3cc(S(=O)(=O)N4CCc5c(cnn5C5CCCCO5)C4)c(CO)n3C)cccc2n1. The number of hydrogen-bond donors (Lipinski definition) is 2. The number of carbonyl (C=O) groups excluding carboxylic acids is 1. The highest BCUT2D eigenvalue weighted by molar-refractivity contribution is 7.89.